The van der Waals surface area contributed by atoms with Crippen LogP contribution in [-0.4, -0.2) is 9.13 Å². The smallest absolute Gasteiger partial charge is 0.0614 e. The Labute approximate surface area is 218 Å². The average Bonchev–Trinajstić information content (AvgIpc) is 3.38. The van der Waals surface area contributed by atoms with Gasteiger partial charge in [0.25, 0.3) is 0 Å². The Morgan fingerprint density at radius 2 is 1.03 bits per heavy atom. The minimum atomic E-state index is 1.09. The summed E-state index contributed by atoms with van der Waals surface area (Å²) in [6.45, 7) is 0. The summed E-state index contributed by atoms with van der Waals surface area (Å²) in [5.41, 5.74) is 7.20. The minimum Gasteiger partial charge on any atom is -0.309 e. The van der Waals surface area contributed by atoms with Crippen LogP contribution in [0.3, 0.4) is 0 Å². The van der Waals surface area contributed by atoms with Crippen LogP contribution < -0.4 is 0 Å². The van der Waals surface area contributed by atoms with Gasteiger partial charge in [-0.05, 0) is 93.1 Å². The first-order valence-corrected chi connectivity index (χ1v) is 13.0. The van der Waals surface area contributed by atoms with Gasteiger partial charge < -0.3 is 9.13 Å². The predicted octanol–water partition coefficient (Wildman–Crippen LogP) is 9.25. The summed E-state index contributed by atoms with van der Waals surface area (Å²) in [7, 11) is 0. The van der Waals surface area contributed by atoms with E-state index in [-0.39, 0.29) is 0 Å². The van der Waals surface area contributed by atoms with Crippen LogP contribution in [0.2, 0.25) is 0 Å². The predicted molar refractivity (Wildman–Crippen MR) is 156 cm³/mol. The number of para-hydroxylation sites is 3. The lowest BCUT2D eigenvalue weighted by Gasteiger charge is -2.12. The average molecular weight is 613 g/mol. The van der Waals surface area contributed by atoms with Gasteiger partial charge in [-0.2, -0.15) is 0 Å². The third-order valence-electron chi connectivity index (χ3n) is 6.64. The van der Waals surface area contributed by atoms with Crippen molar-refractivity contribution < 1.29 is 0 Å². The summed E-state index contributed by atoms with van der Waals surface area (Å²) in [6.07, 6.45) is 0. The first-order valence-electron chi connectivity index (χ1n) is 11.2. The zero-order chi connectivity index (χ0) is 22.8. The normalized spacial score (nSPS) is 11.8. The summed E-state index contributed by atoms with van der Waals surface area (Å²) >= 11 is 6.18. The molecule has 4 heteroatoms. The van der Waals surface area contributed by atoms with Crippen LogP contribution in [0.25, 0.3) is 55.0 Å². The molecule has 7 aromatic rings. The number of aromatic nitrogens is 2. The molecule has 0 saturated carbocycles. The molecule has 0 fully saturated rings. The lowest BCUT2D eigenvalue weighted by Crippen LogP contribution is -1.97. The third-order valence-corrected chi connectivity index (χ3v) is 7.99. The van der Waals surface area contributed by atoms with E-state index in [1.165, 1.54) is 52.9 Å². The fraction of sp³-hybridized carbons (Fsp3) is 0. The van der Waals surface area contributed by atoms with Gasteiger partial charge in [-0.3, -0.25) is 0 Å². The molecule has 0 aliphatic carbocycles. The van der Waals surface area contributed by atoms with E-state index < -0.39 is 0 Å². The number of rotatable bonds is 2. The minimum absolute atomic E-state index is 1.09. The number of hydrogen-bond donors (Lipinski definition) is 0. The molecule has 0 bridgehead atoms. The molecule has 0 amide bonds. The standard InChI is InChI=1S/C30H18BrIN2/c31-25-15-13-19(32)17-30(25)34-28-12-6-3-9-23(28)24-18-20(14-16-29(24)34)33-26-10-4-1-7-21(26)22-8-2-5-11-27(22)33/h1-18H. The molecule has 0 aliphatic rings. The Hall–Kier alpha value is -3.09. The molecule has 2 aromatic heterocycles. The van der Waals surface area contributed by atoms with E-state index >= 15 is 0 Å². The number of benzene rings is 5. The maximum Gasteiger partial charge on any atom is 0.0614 e. The van der Waals surface area contributed by atoms with Crippen molar-refractivity contribution in [3.8, 4) is 11.4 Å². The summed E-state index contributed by atoms with van der Waals surface area (Å²) in [5, 5.41) is 5.07. The Bertz CT molecular complexity index is 1840. The van der Waals surface area contributed by atoms with Crippen molar-refractivity contribution in [2.45, 2.75) is 0 Å². The molecule has 0 radical (unpaired) electrons. The number of fused-ring (bicyclic) bond motifs is 6. The zero-order valence-electron chi connectivity index (χ0n) is 18.0. The highest BCUT2D eigenvalue weighted by Gasteiger charge is 2.17. The van der Waals surface area contributed by atoms with Gasteiger partial charge in [0.15, 0.2) is 0 Å². The van der Waals surface area contributed by atoms with Crippen molar-refractivity contribution in [2.24, 2.45) is 0 Å². The number of nitrogens with zero attached hydrogens (tertiary/aromatic N) is 2. The molecule has 7 rings (SSSR count). The van der Waals surface area contributed by atoms with E-state index in [1.807, 2.05) is 0 Å². The van der Waals surface area contributed by atoms with Gasteiger partial charge in [-0.15, -0.1) is 0 Å². The summed E-state index contributed by atoms with van der Waals surface area (Å²) in [6, 6.07) is 39.4. The van der Waals surface area contributed by atoms with Gasteiger partial charge in [0, 0.05) is 35.3 Å². The van der Waals surface area contributed by atoms with Gasteiger partial charge in [0.05, 0.1) is 27.8 Å². The first kappa shape index (κ1) is 20.3. The highest BCUT2D eigenvalue weighted by molar-refractivity contribution is 14.1. The topological polar surface area (TPSA) is 9.86 Å². The zero-order valence-corrected chi connectivity index (χ0v) is 21.8. The molecule has 2 heterocycles. The van der Waals surface area contributed by atoms with Crippen LogP contribution in [0.4, 0.5) is 0 Å². The fourth-order valence-corrected chi connectivity index (χ4v) is 6.12. The van der Waals surface area contributed by atoms with Crippen molar-refractivity contribution in [2.75, 3.05) is 0 Å². The van der Waals surface area contributed by atoms with E-state index in [9.17, 15) is 0 Å². The number of hydrogen-bond acceptors (Lipinski definition) is 0. The van der Waals surface area contributed by atoms with Crippen molar-refractivity contribution in [1.82, 2.24) is 9.13 Å². The second-order valence-corrected chi connectivity index (χ2v) is 10.6. The van der Waals surface area contributed by atoms with Crippen molar-refractivity contribution >= 4 is 82.1 Å². The second-order valence-electron chi connectivity index (χ2n) is 8.52. The van der Waals surface area contributed by atoms with Crippen LogP contribution >= 0.6 is 38.5 Å². The molecule has 2 nitrogen and oxygen atoms in total. The van der Waals surface area contributed by atoms with Gasteiger partial charge in [-0.1, -0.05) is 54.6 Å². The van der Waals surface area contributed by atoms with Crippen molar-refractivity contribution in [3.63, 3.8) is 0 Å². The van der Waals surface area contributed by atoms with Gasteiger partial charge in [0.1, 0.15) is 0 Å². The highest BCUT2D eigenvalue weighted by atomic mass is 127. The summed E-state index contributed by atoms with van der Waals surface area (Å²) in [4.78, 5) is 0. The van der Waals surface area contributed by atoms with Crippen molar-refractivity contribution in [1.29, 1.82) is 0 Å². The molecule has 34 heavy (non-hydrogen) atoms. The molecule has 5 aromatic carbocycles. The van der Waals surface area contributed by atoms with Gasteiger partial charge in [0.2, 0.25) is 0 Å². The quantitative estimate of drug-likeness (QED) is 0.172. The molecule has 0 spiro atoms. The van der Waals surface area contributed by atoms with E-state index in [1.54, 1.807) is 0 Å². The monoisotopic (exact) mass is 612 g/mol. The second kappa shape index (κ2) is 7.72. The maximum absolute atomic E-state index is 3.80. The molecule has 0 atom stereocenters. The largest absolute Gasteiger partial charge is 0.309 e. The van der Waals surface area contributed by atoms with Gasteiger partial charge in [-0.25, -0.2) is 0 Å². The number of halogens is 2. The molecule has 0 N–H and O–H groups in total. The van der Waals surface area contributed by atoms with E-state index in [4.69, 9.17) is 0 Å². The van der Waals surface area contributed by atoms with Crippen LogP contribution in [-0.2, 0) is 0 Å². The van der Waals surface area contributed by atoms with E-state index in [0.717, 1.165) is 10.2 Å². The lowest BCUT2D eigenvalue weighted by molar-refractivity contribution is 1.15. The van der Waals surface area contributed by atoms with Crippen LogP contribution in [0.5, 0.6) is 0 Å². The van der Waals surface area contributed by atoms with Crippen LogP contribution in [0, 0.1) is 3.57 Å². The maximum atomic E-state index is 3.80. The molecule has 162 valence electrons. The van der Waals surface area contributed by atoms with E-state index in [2.05, 4.69) is 157 Å². The summed E-state index contributed by atoms with van der Waals surface area (Å²) in [5.74, 6) is 0. The third kappa shape index (κ3) is 2.91. The molecular weight excluding hydrogens is 595 g/mol. The highest BCUT2D eigenvalue weighted by Crippen LogP contribution is 2.38. The SMILES string of the molecule is Brc1ccc(I)cc1-n1c2ccccc2c2cc(-n3c4ccccc4c4ccccc43)ccc21. The molecular formula is C30H18BrIN2. The van der Waals surface area contributed by atoms with Crippen LogP contribution in [0.1, 0.15) is 0 Å². The fourth-order valence-electron chi connectivity index (χ4n) is 5.22. The van der Waals surface area contributed by atoms with E-state index in [0.29, 0.717) is 0 Å². The van der Waals surface area contributed by atoms with Crippen LogP contribution in [0.15, 0.2) is 114 Å². The van der Waals surface area contributed by atoms with Crippen molar-refractivity contribution in [3.05, 3.63) is 117 Å². The van der Waals surface area contributed by atoms with Gasteiger partial charge >= 0.3 is 0 Å². The molecule has 0 aliphatic heterocycles. The Morgan fingerprint density at radius 1 is 0.500 bits per heavy atom. The molecule has 0 saturated heterocycles. The summed E-state index contributed by atoms with van der Waals surface area (Å²) < 4.78 is 7.05. The Kier molecular flexibility index (Phi) is 4.61. The Morgan fingerprint density at radius 3 is 1.68 bits per heavy atom. The Balaban J connectivity index is 1.59. The molecule has 0 unspecified atom stereocenters. The first-order chi connectivity index (χ1) is 16.7. The lowest BCUT2D eigenvalue weighted by atomic mass is 10.1.